The molecule has 0 spiro atoms. The van der Waals surface area contributed by atoms with Gasteiger partial charge in [0, 0.05) is 6.04 Å². The molecule has 1 aromatic rings. The molecule has 0 radical (unpaired) electrons. The monoisotopic (exact) mass is 262 g/mol. The number of hydrogen-bond donors (Lipinski definition) is 3. The molecule has 104 valence electrons. The van der Waals surface area contributed by atoms with E-state index in [9.17, 15) is 4.79 Å². The molecule has 1 fully saturated rings. The number of carboxylic acids is 1. The van der Waals surface area contributed by atoms with Crippen molar-refractivity contribution in [3.8, 4) is 0 Å². The van der Waals surface area contributed by atoms with Crippen molar-refractivity contribution in [3.05, 3.63) is 23.8 Å². The molecule has 0 saturated heterocycles. The zero-order valence-corrected chi connectivity index (χ0v) is 11.6. The van der Waals surface area contributed by atoms with Crippen LogP contribution in [0.15, 0.2) is 18.2 Å². The Morgan fingerprint density at radius 3 is 2.79 bits per heavy atom. The number of carboxylic acid groups (broad SMARTS) is 1. The highest BCUT2D eigenvalue weighted by atomic mass is 16.4. The van der Waals surface area contributed by atoms with Crippen molar-refractivity contribution in [1.82, 2.24) is 0 Å². The van der Waals surface area contributed by atoms with Crippen molar-refractivity contribution in [3.63, 3.8) is 0 Å². The lowest BCUT2D eigenvalue weighted by atomic mass is 9.75. The zero-order chi connectivity index (χ0) is 14.0. The van der Waals surface area contributed by atoms with Gasteiger partial charge in [0.2, 0.25) is 0 Å². The van der Waals surface area contributed by atoms with Crippen LogP contribution in [0, 0.1) is 5.41 Å². The lowest BCUT2D eigenvalue weighted by Crippen LogP contribution is -2.32. The number of nitrogens with one attached hydrogen (secondary N) is 1. The van der Waals surface area contributed by atoms with Crippen LogP contribution in [-0.2, 0) is 0 Å². The molecule has 0 aromatic heterocycles. The van der Waals surface area contributed by atoms with Crippen molar-refractivity contribution in [2.75, 3.05) is 11.1 Å². The Balaban J connectivity index is 2.09. The van der Waals surface area contributed by atoms with Gasteiger partial charge in [0.15, 0.2) is 0 Å². The fraction of sp³-hybridized carbons (Fsp3) is 0.533. The van der Waals surface area contributed by atoms with Crippen molar-refractivity contribution in [1.29, 1.82) is 0 Å². The second-order valence-electron chi connectivity index (χ2n) is 6.21. The predicted molar refractivity (Wildman–Crippen MR) is 77.5 cm³/mol. The normalized spacial score (nSPS) is 21.9. The van der Waals surface area contributed by atoms with Crippen LogP contribution in [0.25, 0.3) is 0 Å². The average Bonchev–Trinajstić information content (AvgIpc) is 2.30. The van der Waals surface area contributed by atoms with E-state index in [0.29, 0.717) is 17.1 Å². The highest BCUT2D eigenvalue weighted by Gasteiger charge is 2.28. The Morgan fingerprint density at radius 2 is 2.21 bits per heavy atom. The Labute approximate surface area is 114 Å². The van der Waals surface area contributed by atoms with E-state index in [-0.39, 0.29) is 5.56 Å². The fourth-order valence-electron chi connectivity index (χ4n) is 2.87. The Morgan fingerprint density at radius 1 is 1.47 bits per heavy atom. The molecule has 0 heterocycles. The van der Waals surface area contributed by atoms with Gasteiger partial charge < -0.3 is 16.2 Å². The molecule has 1 aromatic carbocycles. The van der Waals surface area contributed by atoms with Crippen molar-refractivity contribution < 1.29 is 9.90 Å². The molecule has 1 aliphatic rings. The smallest absolute Gasteiger partial charge is 0.335 e. The van der Waals surface area contributed by atoms with E-state index in [1.807, 2.05) is 0 Å². The van der Waals surface area contributed by atoms with Crippen LogP contribution < -0.4 is 11.1 Å². The van der Waals surface area contributed by atoms with Crippen LogP contribution in [0.2, 0.25) is 0 Å². The second kappa shape index (κ2) is 5.11. The van der Waals surface area contributed by atoms with Gasteiger partial charge in [0.05, 0.1) is 16.9 Å². The van der Waals surface area contributed by atoms with Gasteiger partial charge in [-0.2, -0.15) is 0 Å². The summed E-state index contributed by atoms with van der Waals surface area (Å²) >= 11 is 0. The van der Waals surface area contributed by atoms with Crippen LogP contribution in [0.1, 0.15) is 49.9 Å². The van der Waals surface area contributed by atoms with Gasteiger partial charge in [-0.05, 0) is 42.9 Å². The summed E-state index contributed by atoms with van der Waals surface area (Å²) in [6, 6.07) is 5.29. The maximum Gasteiger partial charge on any atom is 0.335 e. The van der Waals surface area contributed by atoms with Gasteiger partial charge in [0.1, 0.15) is 0 Å². The Bertz CT molecular complexity index is 483. The molecule has 4 heteroatoms. The Kier molecular flexibility index (Phi) is 3.69. The minimum atomic E-state index is -0.947. The van der Waals surface area contributed by atoms with Gasteiger partial charge in [-0.3, -0.25) is 0 Å². The SMILES string of the molecule is CC1(C)CCCC(Nc2ccc(C(=O)O)cc2N)C1. The highest BCUT2D eigenvalue weighted by Crippen LogP contribution is 2.37. The summed E-state index contributed by atoms with van der Waals surface area (Å²) in [5.74, 6) is -0.947. The molecule has 1 saturated carbocycles. The number of aromatic carboxylic acids is 1. The van der Waals surface area contributed by atoms with Crippen LogP contribution >= 0.6 is 0 Å². The summed E-state index contributed by atoms with van der Waals surface area (Å²) in [5, 5.41) is 12.4. The molecule has 1 atom stereocenters. The molecular formula is C15H22N2O2. The van der Waals surface area contributed by atoms with E-state index in [1.54, 1.807) is 12.1 Å². The molecule has 19 heavy (non-hydrogen) atoms. The summed E-state index contributed by atoms with van der Waals surface area (Å²) in [4.78, 5) is 10.9. The molecule has 2 rings (SSSR count). The number of benzene rings is 1. The standard InChI is InChI=1S/C15H22N2O2/c1-15(2)7-3-4-11(9-15)17-13-6-5-10(14(18)19)8-12(13)16/h5-6,8,11,17H,3-4,7,9,16H2,1-2H3,(H,18,19). The van der Waals surface area contributed by atoms with E-state index >= 15 is 0 Å². The third-order valence-corrected chi connectivity index (χ3v) is 3.86. The van der Waals surface area contributed by atoms with Gasteiger partial charge in [-0.1, -0.05) is 20.3 Å². The van der Waals surface area contributed by atoms with Gasteiger partial charge in [-0.25, -0.2) is 4.79 Å². The number of nitrogen functional groups attached to an aromatic ring is 1. The summed E-state index contributed by atoms with van der Waals surface area (Å²) in [5.41, 5.74) is 7.86. The third kappa shape index (κ3) is 3.40. The molecule has 0 amide bonds. The van der Waals surface area contributed by atoms with Crippen molar-refractivity contribution >= 4 is 17.3 Å². The quantitative estimate of drug-likeness (QED) is 0.730. The van der Waals surface area contributed by atoms with Crippen LogP contribution in [0.5, 0.6) is 0 Å². The summed E-state index contributed by atoms with van der Waals surface area (Å²) in [6.45, 7) is 4.58. The number of carbonyl (C=O) groups is 1. The molecule has 0 aliphatic heterocycles. The minimum absolute atomic E-state index is 0.229. The lowest BCUT2D eigenvalue weighted by Gasteiger charge is -2.36. The number of nitrogens with two attached hydrogens (primary N) is 1. The molecule has 4 nitrogen and oxygen atoms in total. The van der Waals surface area contributed by atoms with Gasteiger partial charge >= 0.3 is 5.97 Å². The minimum Gasteiger partial charge on any atom is -0.478 e. The van der Waals surface area contributed by atoms with E-state index in [1.165, 1.54) is 18.9 Å². The summed E-state index contributed by atoms with van der Waals surface area (Å²) < 4.78 is 0. The first kappa shape index (κ1) is 13.7. The molecule has 4 N–H and O–H groups in total. The fourth-order valence-corrected chi connectivity index (χ4v) is 2.87. The first-order valence-corrected chi connectivity index (χ1v) is 6.77. The van der Waals surface area contributed by atoms with Crippen LogP contribution in [0.4, 0.5) is 11.4 Å². The van der Waals surface area contributed by atoms with E-state index in [4.69, 9.17) is 10.8 Å². The number of rotatable bonds is 3. The second-order valence-corrected chi connectivity index (χ2v) is 6.21. The van der Waals surface area contributed by atoms with E-state index < -0.39 is 5.97 Å². The van der Waals surface area contributed by atoms with Crippen molar-refractivity contribution in [2.45, 2.75) is 45.6 Å². The zero-order valence-electron chi connectivity index (χ0n) is 11.6. The first-order chi connectivity index (χ1) is 8.87. The maximum atomic E-state index is 10.9. The van der Waals surface area contributed by atoms with Gasteiger partial charge in [-0.15, -0.1) is 0 Å². The Hall–Kier alpha value is -1.71. The molecule has 1 aliphatic carbocycles. The summed E-state index contributed by atoms with van der Waals surface area (Å²) in [6.07, 6.45) is 4.74. The van der Waals surface area contributed by atoms with E-state index in [2.05, 4.69) is 19.2 Å². The van der Waals surface area contributed by atoms with Crippen LogP contribution in [0.3, 0.4) is 0 Å². The molecule has 1 unspecified atom stereocenters. The van der Waals surface area contributed by atoms with Gasteiger partial charge in [0.25, 0.3) is 0 Å². The first-order valence-electron chi connectivity index (χ1n) is 6.77. The number of anilines is 2. The average molecular weight is 262 g/mol. The largest absolute Gasteiger partial charge is 0.478 e. The highest BCUT2D eigenvalue weighted by molar-refractivity contribution is 5.90. The van der Waals surface area contributed by atoms with E-state index in [0.717, 1.165) is 18.5 Å². The van der Waals surface area contributed by atoms with Crippen molar-refractivity contribution in [2.24, 2.45) is 5.41 Å². The third-order valence-electron chi connectivity index (χ3n) is 3.86. The molecule has 0 bridgehead atoms. The topological polar surface area (TPSA) is 75.3 Å². The lowest BCUT2D eigenvalue weighted by molar-refractivity contribution is 0.0697. The maximum absolute atomic E-state index is 10.9. The summed E-state index contributed by atoms with van der Waals surface area (Å²) in [7, 11) is 0. The molecular weight excluding hydrogens is 240 g/mol. The van der Waals surface area contributed by atoms with Crippen LogP contribution in [-0.4, -0.2) is 17.1 Å². The predicted octanol–water partition coefficient (Wildman–Crippen LogP) is 3.35. The number of hydrogen-bond acceptors (Lipinski definition) is 3.